The van der Waals surface area contributed by atoms with Crippen LogP contribution in [0.3, 0.4) is 0 Å². The lowest BCUT2D eigenvalue weighted by molar-refractivity contribution is -0.137. The molecule has 0 N–H and O–H groups in total. The van der Waals surface area contributed by atoms with Gasteiger partial charge in [0.1, 0.15) is 17.1 Å². The first-order valence-electron chi connectivity index (χ1n) is 7.84. The Labute approximate surface area is 152 Å². The van der Waals surface area contributed by atoms with Gasteiger partial charge in [-0.3, -0.25) is 0 Å². The average molecular weight is 378 g/mol. The highest BCUT2D eigenvalue weighted by Gasteiger charge is 2.31. The summed E-state index contributed by atoms with van der Waals surface area (Å²) in [5.41, 5.74) is 0.174. The summed E-state index contributed by atoms with van der Waals surface area (Å²) in [6, 6.07) is 9.87. The molecule has 0 aliphatic carbocycles. The van der Waals surface area contributed by atoms with Gasteiger partial charge in [-0.1, -0.05) is 12.1 Å². The Bertz CT molecular complexity index is 992. The fourth-order valence-corrected chi connectivity index (χ4v) is 2.73. The molecular formula is C19H14F4N2O2. The predicted octanol–water partition coefficient (Wildman–Crippen LogP) is 4.79. The van der Waals surface area contributed by atoms with Gasteiger partial charge in [0.15, 0.2) is 0 Å². The molecule has 0 atom stereocenters. The number of ether oxygens (including phenoxy) is 1. The Balaban J connectivity index is 2.22. The van der Waals surface area contributed by atoms with Gasteiger partial charge in [0.25, 0.3) is 0 Å². The minimum Gasteiger partial charge on any atom is -0.465 e. The SMILES string of the molecule is COC(=O)c1c(-c2cccc(C(F)(F)F)c2)nn(-c2ccc(F)cc2)c1C. The molecule has 0 aliphatic rings. The van der Waals surface area contributed by atoms with E-state index in [1.165, 1.54) is 48.2 Å². The van der Waals surface area contributed by atoms with Gasteiger partial charge < -0.3 is 4.74 Å². The van der Waals surface area contributed by atoms with E-state index >= 15 is 0 Å². The van der Waals surface area contributed by atoms with Crippen LogP contribution in [-0.4, -0.2) is 22.9 Å². The Morgan fingerprint density at radius 3 is 2.37 bits per heavy atom. The van der Waals surface area contributed by atoms with Gasteiger partial charge in [-0.05, 0) is 43.3 Å². The summed E-state index contributed by atoms with van der Waals surface area (Å²) < 4.78 is 58.4. The number of carbonyl (C=O) groups is 1. The van der Waals surface area contributed by atoms with Crippen LogP contribution in [0.5, 0.6) is 0 Å². The fourth-order valence-electron chi connectivity index (χ4n) is 2.73. The van der Waals surface area contributed by atoms with Crippen LogP contribution in [0, 0.1) is 12.7 Å². The van der Waals surface area contributed by atoms with Gasteiger partial charge in [0, 0.05) is 5.56 Å². The first kappa shape index (κ1) is 18.6. The number of rotatable bonds is 3. The van der Waals surface area contributed by atoms with Crippen LogP contribution >= 0.6 is 0 Å². The second-order valence-corrected chi connectivity index (χ2v) is 5.77. The molecule has 2 aromatic carbocycles. The van der Waals surface area contributed by atoms with Crippen molar-refractivity contribution in [3.8, 4) is 16.9 Å². The van der Waals surface area contributed by atoms with E-state index in [0.717, 1.165) is 12.1 Å². The molecule has 0 saturated heterocycles. The molecule has 1 aromatic heterocycles. The van der Waals surface area contributed by atoms with Gasteiger partial charge in [-0.2, -0.15) is 18.3 Å². The molecule has 140 valence electrons. The van der Waals surface area contributed by atoms with Crippen molar-refractivity contribution in [3.63, 3.8) is 0 Å². The minimum absolute atomic E-state index is 0.0427. The lowest BCUT2D eigenvalue weighted by Gasteiger charge is -2.08. The molecule has 3 rings (SSSR count). The molecule has 4 nitrogen and oxygen atoms in total. The Morgan fingerprint density at radius 1 is 1.11 bits per heavy atom. The number of aromatic nitrogens is 2. The predicted molar refractivity (Wildman–Crippen MR) is 90.0 cm³/mol. The van der Waals surface area contributed by atoms with Crippen LogP contribution in [-0.2, 0) is 10.9 Å². The largest absolute Gasteiger partial charge is 0.465 e. The summed E-state index contributed by atoms with van der Waals surface area (Å²) in [6.45, 7) is 1.58. The van der Waals surface area contributed by atoms with Gasteiger partial charge in [0.05, 0.1) is 24.1 Å². The van der Waals surface area contributed by atoms with E-state index in [-0.39, 0.29) is 16.8 Å². The van der Waals surface area contributed by atoms with Gasteiger partial charge >= 0.3 is 12.1 Å². The number of esters is 1. The fraction of sp³-hybridized carbons (Fsp3) is 0.158. The molecule has 0 aliphatic heterocycles. The minimum atomic E-state index is -4.53. The van der Waals surface area contributed by atoms with Crippen molar-refractivity contribution in [3.05, 3.63) is 71.2 Å². The average Bonchev–Trinajstić information content (AvgIpc) is 2.98. The summed E-state index contributed by atoms with van der Waals surface area (Å²) in [5.74, 6) is -1.18. The third-order valence-electron chi connectivity index (χ3n) is 4.04. The van der Waals surface area contributed by atoms with Crippen LogP contribution in [0.15, 0.2) is 48.5 Å². The molecule has 0 spiro atoms. The maximum atomic E-state index is 13.2. The molecular weight excluding hydrogens is 364 g/mol. The molecule has 0 amide bonds. The number of methoxy groups -OCH3 is 1. The van der Waals surface area contributed by atoms with E-state index in [9.17, 15) is 22.4 Å². The van der Waals surface area contributed by atoms with E-state index in [4.69, 9.17) is 4.74 Å². The van der Waals surface area contributed by atoms with E-state index in [0.29, 0.717) is 11.4 Å². The zero-order valence-electron chi connectivity index (χ0n) is 14.3. The molecule has 27 heavy (non-hydrogen) atoms. The molecule has 0 radical (unpaired) electrons. The zero-order chi connectivity index (χ0) is 19.8. The number of alkyl halides is 3. The molecule has 0 bridgehead atoms. The smallest absolute Gasteiger partial charge is 0.416 e. The van der Waals surface area contributed by atoms with Crippen LogP contribution in [0.4, 0.5) is 17.6 Å². The summed E-state index contributed by atoms with van der Waals surface area (Å²) in [4.78, 5) is 12.3. The Hall–Kier alpha value is -3.16. The zero-order valence-corrected chi connectivity index (χ0v) is 14.3. The summed E-state index contributed by atoms with van der Waals surface area (Å²) in [7, 11) is 1.17. The van der Waals surface area contributed by atoms with Crippen molar-refractivity contribution in [2.45, 2.75) is 13.1 Å². The Kier molecular flexibility index (Phi) is 4.73. The third kappa shape index (κ3) is 3.55. The van der Waals surface area contributed by atoms with Crippen molar-refractivity contribution in [1.29, 1.82) is 0 Å². The normalized spacial score (nSPS) is 11.5. The maximum Gasteiger partial charge on any atom is 0.416 e. The van der Waals surface area contributed by atoms with Crippen LogP contribution in [0.25, 0.3) is 16.9 Å². The number of carbonyl (C=O) groups excluding carboxylic acids is 1. The highest BCUT2D eigenvalue weighted by Crippen LogP contribution is 2.34. The first-order chi connectivity index (χ1) is 12.7. The van der Waals surface area contributed by atoms with Crippen molar-refractivity contribution in [2.75, 3.05) is 7.11 Å². The quantitative estimate of drug-likeness (QED) is 0.486. The van der Waals surface area contributed by atoms with E-state index in [1.807, 2.05) is 0 Å². The second kappa shape index (κ2) is 6.86. The molecule has 3 aromatic rings. The van der Waals surface area contributed by atoms with Gasteiger partial charge in [-0.15, -0.1) is 0 Å². The standard InChI is InChI=1S/C19H14F4N2O2/c1-11-16(18(26)27-2)17(12-4-3-5-13(10-12)19(21,22)23)24-25(11)15-8-6-14(20)7-9-15/h3-10H,1-2H3. The summed E-state index contributed by atoms with van der Waals surface area (Å²) in [5, 5.41) is 4.30. The highest BCUT2D eigenvalue weighted by atomic mass is 19.4. The van der Waals surface area contributed by atoms with Crippen molar-refractivity contribution >= 4 is 5.97 Å². The molecule has 0 unspecified atom stereocenters. The van der Waals surface area contributed by atoms with Crippen LogP contribution < -0.4 is 0 Å². The van der Waals surface area contributed by atoms with Crippen molar-refractivity contribution in [1.82, 2.24) is 9.78 Å². The highest BCUT2D eigenvalue weighted by molar-refractivity contribution is 5.97. The molecule has 1 heterocycles. The molecule has 0 fully saturated rings. The van der Waals surface area contributed by atoms with Gasteiger partial charge in [-0.25, -0.2) is 13.9 Å². The molecule has 8 heteroatoms. The van der Waals surface area contributed by atoms with Crippen molar-refractivity contribution in [2.24, 2.45) is 0 Å². The Morgan fingerprint density at radius 2 is 1.78 bits per heavy atom. The summed E-state index contributed by atoms with van der Waals surface area (Å²) >= 11 is 0. The van der Waals surface area contributed by atoms with E-state index in [1.54, 1.807) is 6.92 Å². The van der Waals surface area contributed by atoms with Crippen molar-refractivity contribution < 1.29 is 27.1 Å². The topological polar surface area (TPSA) is 44.1 Å². The number of nitrogens with zero attached hydrogens (tertiary/aromatic N) is 2. The number of hydrogen-bond acceptors (Lipinski definition) is 3. The monoisotopic (exact) mass is 378 g/mol. The second-order valence-electron chi connectivity index (χ2n) is 5.77. The van der Waals surface area contributed by atoms with E-state index < -0.39 is 23.5 Å². The third-order valence-corrected chi connectivity index (χ3v) is 4.04. The number of hydrogen-bond donors (Lipinski definition) is 0. The molecule has 0 saturated carbocycles. The lowest BCUT2D eigenvalue weighted by atomic mass is 10.0. The van der Waals surface area contributed by atoms with E-state index in [2.05, 4.69) is 5.10 Å². The lowest BCUT2D eigenvalue weighted by Crippen LogP contribution is -2.06. The number of benzene rings is 2. The first-order valence-corrected chi connectivity index (χ1v) is 7.84. The van der Waals surface area contributed by atoms with Crippen LogP contribution in [0.1, 0.15) is 21.6 Å². The van der Waals surface area contributed by atoms with Gasteiger partial charge in [0.2, 0.25) is 0 Å². The maximum absolute atomic E-state index is 13.2. The number of halogens is 4. The van der Waals surface area contributed by atoms with Crippen LogP contribution in [0.2, 0.25) is 0 Å². The summed E-state index contributed by atoms with van der Waals surface area (Å²) in [6.07, 6.45) is -4.53.